The summed E-state index contributed by atoms with van der Waals surface area (Å²) in [5.74, 6) is 0.207. The number of carbonyl (C=O) groups excluding carboxylic acids is 2. The van der Waals surface area contributed by atoms with E-state index in [4.69, 9.17) is 31.5 Å². The number of hydrogen-bond donors (Lipinski definition) is 2. The summed E-state index contributed by atoms with van der Waals surface area (Å²) in [6.07, 6.45) is 0.660. The van der Waals surface area contributed by atoms with Crippen LogP contribution in [0.2, 0.25) is 5.02 Å². The first-order valence-corrected chi connectivity index (χ1v) is 8.68. The molecule has 2 aromatic carbocycles. The first kappa shape index (κ1) is 18.8. The lowest BCUT2D eigenvalue weighted by atomic mass is 10.00. The van der Waals surface area contributed by atoms with Crippen molar-refractivity contribution in [1.29, 1.82) is 0 Å². The van der Waals surface area contributed by atoms with Crippen molar-refractivity contribution in [3.8, 4) is 17.2 Å². The zero-order valence-electron chi connectivity index (χ0n) is 14.7. The van der Waals surface area contributed by atoms with E-state index in [2.05, 4.69) is 5.32 Å². The Morgan fingerprint density at radius 1 is 1.33 bits per heavy atom. The van der Waals surface area contributed by atoms with Crippen molar-refractivity contribution < 1.29 is 23.8 Å². The van der Waals surface area contributed by atoms with Gasteiger partial charge in [0.05, 0.1) is 24.8 Å². The third kappa shape index (κ3) is 4.25. The molecule has 0 saturated heterocycles. The number of nitrogens with one attached hydrogen (secondary N) is 1. The summed E-state index contributed by atoms with van der Waals surface area (Å²) in [4.78, 5) is 23.7. The zero-order valence-corrected chi connectivity index (χ0v) is 15.4. The number of ether oxygens (including phenoxy) is 3. The Bertz CT molecular complexity index is 871. The third-order valence-corrected chi connectivity index (χ3v) is 4.39. The minimum atomic E-state index is -0.645. The van der Waals surface area contributed by atoms with Gasteiger partial charge in [0.15, 0.2) is 18.1 Å². The molecule has 1 aliphatic rings. The Morgan fingerprint density at radius 2 is 2.11 bits per heavy atom. The number of fused-ring (bicyclic) bond motifs is 1. The Kier molecular flexibility index (Phi) is 5.71. The lowest BCUT2D eigenvalue weighted by molar-refractivity contribution is -0.119. The normalized spacial score (nSPS) is 15.3. The van der Waals surface area contributed by atoms with Crippen molar-refractivity contribution in [3.05, 3.63) is 52.5 Å². The predicted molar refractivity (Wildman–Crippen MR) is 99.5 cm³/mol. The second-order valence-corrected chi connectivity index (χ2v) is 6.35. The smallest absolute Gasteiger partial charge is 0.255 e. The number of rotatable bonds is 6. The van der Waals surface area contributed by atoms with E-state index in [1.807, 2.05) is 24.3 Å². The molecule has 8 heteroatoms. The first-order chi connectivity index (χ1) is 13.0. The second kappa shape index (κ2) is 8.18. The molecule has 0 bridgehead atoms. The van der Waals surface area contributed by atoms with Crippen LogP contribution in [-0.4, -0.2) is 32.1 Å². The number of hydrogen-bond acceptors (Lipinski definition) is 5. The van der Waals surface area contributed by atoms with Gasteiger partial charge in [-0.05, 0) is 18.2 Å². The van der Waals surface area contributed by atoms with Gasteiger partial charge in [0, 0.05) is 17.5 Å². The van der Waals surface area contributed by atoms with Crippen molar-refractivity contribution in [2.75, 3.05) is 20.3 Å². The van der Waals surface area contributed by atoms with E-state index in [0.717, 1.165) is 11.3 Å². The summed E-state index contributed by atoms with van der Waals surface area (Å²) in [7, 11) is 1.42. The Balaban J connectivity index is 1.81. The van der Waals surface area contributed by atoms with Crippen molar-refractivity contribution in [1.82, 2.24) is 5.32 Å². The highest BCUT2D eigenvalue weighted by molar-refractivity contribution is 6.32. The van der Waals surface area contributed by atoms with Gasteiger partial charge in [-0.3, -0.25) is 9.59 Å². The Labute approximate surface area is 161 Å². The third-order valence-electron chi connectivity index (χ3n) is 4.11. The molecule has 2 aromatic rings. The summed E-state index contributed by atoms with van der Waals surface area (Å²) in [5, 5.41) is 3.14. The lowest BCUT2D eigenvalue weighted by Crippen LogP contribution is -2.32. The van der Waals surface area contributed by atoms with Crippen LogP contribution in [0.3, 0.4) is 0 Å². The topological polar surface area (TPSA) is 99.9 Å². The van der Waals surface area contributed by atoms with E-state index in [0.29, 0.717) is 18.6 Å². The molecule has 7 nitrogen and oxygen atoms in total. The van der Waals surface area contributed by atoms with Crippen molar-refractivity contribution >= 4 is 23.4 Å². The van der Waals surface area contributed by atoms with Gasteiger partial charge >= 0.3 is 0 Å². The fourth-order valence-corrected chi connectivity index (χ4v) is 3.13. The molecule has 27 heavy (non-hydrogen) atoms. The van der Waals surface area contributed by atoms with Crippen LogP contribution in [0.4, 0.5) is 0 Å². The van der Waals surface area contributed by atoms with Gasteiger partial charge < -0.3 is 25.3 Å². The fourth-order valence-electron chi connectivity index (χ4n) is 2.87. The van der Waals surface area contributed by atoms with Gasteiger partial charge in [0.25, 0.3) is 11.8 Å². The molecule has 0 radical (unpaired) electrons. The molecule has 0 aromatic heterocycles. The van der Waals surface area contributed by atoms with Crippen LogP contribution in [0, 0.1) is 0 Å². The maximum absolute atomic E-state index is 12.7. The van der Waals surface area contributed by atoms with E-state index < -0.39 is 5.91 Å². The van der Waals surface area contributed by atoms with Gasteiger partial charge in [-0.1, -0.05) is 29.8 Å². The minimum absolute atomic E-state index is 0.146. The largest absolute Gasteiger partial charge is 0.493 e. The zero-order chi connectivity index (χ0) is 19.4. The minimum Gasteiger partial charge on any atom is -0.493 e. The highest BCUT2D eigenvalue weighted by Crippen LogP contribution is 2.37. The highest BCUT2D eigenvalue weighted by atomic mass is 35.5. The van der Waals surface area contributed by atoms with Crippen LogP contribution >= 0.6 is 11.6 Å². The SMILES string of the molecule is COc1cc(C(=O)NC2CCOc3ccccc32)cc(Cl)c1OCC(N)=O. The van der Waals surface area contributed by atoms with Crippen LogP contribution in [-0.2, 0) is 4.79 Å². The van der Waals surface area contributed by atoms with Gasteiger partial charge in [-0.2, -0.15) is 0 Å². The average molecular weight is 391 g/mol. The molecule has 0 fully saturated rings. The van der Waals surface area contributed by atoms with Crippen molar-refractivity contribution in [3.63, 3.8) is 0 Å². The van der Waals surface area contributed by atoms with Gasteiger partial charge in [-0.25, -0.2) is 0 Å². The van der Waals surface area contributed by atoms with Crippen LogP contribution < -0.4 is 25.3 Å². The van der Waals surface area contributed by atoms with Gasteiger partial charge in [-0.15, -0.1) is 0 Å². The highest BCUT2D eigenvalue weighted by Gasteiger charge is 2.24. The molecular formula is C19H19ClN2O5. The number of methoxy groups -OCH3 is 1. The summed E-state index contributed by atoms with van der Waals surface area (Å²) >= 11 is 6.21. The number of benzene rings is 2. The van der Waals surface area contributed by atoms with Crippen LogP contribution in [0.1, 0.15) is 28.4 Å². The molecular weight excluding hydrogens is 372 g/mol. The van der Waals surface area contributed by atoms with Crippen LogP contribution in [0.25, 0.3) is 0 Å². The number of halogens is 1. The van der Waals surface area contributed by atoms with E-state index in [1.54, 1.807) is 0 Å². The standard InChI is InChI=1S/C19H19ClN2O5/c1-25-16-9-11(8-13(20)18(16)27-10-17(21)23)19(24)22-14-6-7-26-15-5-3-2-4-12(14)15/h2-5,8-9,14H,6-7,10H2,1H3,(H2,21,23)(H,22,24). The monoisotopic (exact) mass is 390 g/mol. The molecule has 1 heterocycles. The van der Waals surface area contributed by atoms with Crippen molar-refractivity contribution in [2.45, 2.75) is 12.5 Å². The Hall–Kier alpha value is -2.93. The summed E-state index contributed by atoms with van der Waals surface area (Å²) < 4.78 is 16.1. The summed E-state index contributed by atoms with van der Waals surface area (Å²) in [6.45, 7) is 0.173. The molecule has 2 amide bonds. The molecule has 0 spiro atoms. The molecule has 3 N–H and O–H groups in total. The van der Waals surface area contributed by atoms with Crippen LogP contribution in [0.15, 0.2) is 36.4 Å². The maximum Gasteiger partial charge on any atom is 0.255 e. The maximum atomic E-state index is 12.7. The first-order valence-electron chi connectivity index (χ1n) is 8.31. The molecule has 142 valence electrons. The second-order valence-electron chi connectivity index (χ2n) is 5.95. The van der Waals surface area contributed by atoms with Crippen molar-refractivity contribution in [2.24, 2.45) is 5.73 Å². The quantitative estimate of drug-likeness (QED) is 0.789. The van der Waals surface area contributed by atoms with E-state index in [-0.39, 0.29) is 35.1 Å². The lowest BCUT2D eigenvalue weighted by Gasteiger charge is -2.26. The van der Waals surface area contributed by atoms with E-state index >= 15 is 0 Å². The van der Waals surface area contributed by atoms with Gasteiger partial charge in [0.2, 0.25) is 0 Å². The number of amides is 2. The number of carbonyl (C=O) groups is 2. The molecule has 1 aliphatic heterocycles. The van der Waals surface area contributed by atoms with Gasteiger partial charge in [0.1, 0.15) is 5.75 Å². The summed E-state index contributed by atoms with van der Waals surface area (Å²) in [6, 6.07) is 10.4. The number of para-hydroxylation sites is 1. The number of nitrogens with two attached hydrogens (primary N) is 1. The fraction of sp³-hybridized carbons (Fsp3) is 0.263. The molecule has 1 unspecified atom stereocenters. The molecule has 0 aliphatic carbocycles. The van der Waals surface area contributed by atoms with Crippen LogP contribution in [0.5, 0.6) is 17.2 Å². The molecule has 0 saturated carbocycles. The number of primary amides is 1. The molecule has 3 rings (SSSR count). The predicted octanol–water partition coefficient (Wildman–Crippen LogP) is 2.47. The molecule has 1 atom stereocenters. The van der Waals surface area contributed by atoms with E-state index in [1.165, 1.54) is 19.2 Å². The van der Waals surface area contributed by atoms with E-state index in [9.17, 15) is 9.59 Å². The average Bonchev–Trinajstić information content (AvgIpc) is 2.66. The Morgan fingerprint density at radius 3 is 2.85 bits per heavy atom. The summed E-state index contributed by atoms with van der Waals surface area (Å²) in [5.41, 5.74) is 6.32.